The van der Waals surface area contributed by atoms with Crippen LogP contribution in [0.5, 0.6) is 0 Å². The first-order chi connectivity index (χ1) is 14.0. The van der Waals surface area contributed by atoms with E-state index >= 15 is 0 Å². The lowest BCUT2D eigenvalue weighted by Crippen LogP contribution is -2.19. The van der Waals surface area contributed by atoms with Crippen LogP contribution >= 0.6 is 11.3 Å². The molecule has 3 rings (SSSR count). The van der Waals surface area contributed by atoms with Crippen LogP contribution in [0, 0.1) is 0 Å². The Morgan fingerprint density at radius 1 is 1.00 bits per heavy atom. The van der Waals surface area contributed by atoms with Gasteiger partial charge in [0.25, 0.3) is 5.91 Å². The molecule has 3 aromatic rings. The van der Waals surface area contributed by atoms with Crippen LogP contribution in [-0.2, 0) is 17.8 Å². The van der Waals surface area contributed by atoms with Gasteiger partial charge in [-0.2, -0.15) is 0 Å². The first-order valence-electron chi connectivity index (χ1n) is 9.74. The summed E-state index contributed by atoms with van der Waals surface area (Å²) in [5.74, 6) is -0.283. The predicted molar refractivity (Wildman–Crippen MR) is 118 cm³/mol. The number of anilines is 1. The summed E-state index contributed by atoms with van der Waals surface area (Å²) < 4.78 is 0. The van der Waals surface area contributed by atoms with E-state index < -0.39 is 0 Å². The maximum atomic E-state index is 12.5. The molecule has 0 aliphatic heterocycles. The Morgan fingerprint density at radius 2 is 1.69 bits per heavy atom. The molecular formula is C23H25N3O2S. The SMILES string of the molecule is CCCCc1ccc(-c2csc(NC(=O)c3ccc(CNC(C)=O)cc3)n2)cc1. The summed E-state index contributed by atoms with van der Waals surface area (Å²) >= 11 is 1.41. The molecule has 0 spiro atoms. The van der Waals surface area contributed by atoms with Gasteiger partial charge in [-0.15, -0.1) is 11.3 Å². The predicted octanol–water partition coefficient (Wildman–Crippen LogP) is 5.04. The van der Waals surface area contributed by atoms with E-state index in [-0.39, 0.29) is 11.8 Å². The molecule has 150 valence electrons. The van der Waals surface area contributed by atoms with Crippen molar-refractivity contribution in [1.29, 1.82) is 0 Å². The number of carbonyl (C=O) groups is 2. The minimum absolute atomic E-state index is 0.0815. The van der Waals surface area contributed by atoms with E-state index in [1.165, 1.54) is 36.7 Å². The van der Waals surface area contributed by atoms with Crippen molar-refractivity contribution in [2.75, 3.05) is 5.32 Å². The van der Waals surface area contributed by atoms with Crippen molar-refractivity contribution in [3.8, 4) is 11.3 Å². The average Bonchev–Trinajstić information content (AvgIpc) is 3.20. The smallest absolute Gasteiger partial charge is 0.257 e. The Labute approximate surface area is 175 Å². The number of benzene rings is 2. The number of rotatable bonds is 8. The molecule has 2 amide bonds. The van der Waals surface area contributed by atoms with Gasteiger partial charge in [0.05, 0.1) is 5.69 Å². The summed E-state index contributed by atoms with van der Waals surface area (Å²) in [4.78, 5) is 28.0. The standard InChI is InChI=1S/C23H25N3O2S/c1-3-4-5-17-6-10-19(11-7-17)21-15-29-23(25-21)26-22(28)20-12-8-18(9-13-20)14-24-16(2)27/h6-13,15H,3-5,14H2,1-2H3,(H,24,27)(H,25,26,28). The van der Waals surface area contributed by atoms with Crippen LogP contribution in [0.4, 0.5) is 5.13 Å². The number of aryl methyl sites for hydroxylation is 1. The molecule has 6 heteroatoms. The zero-order valence-electron chi connectivity index (χ0n) is 16.7. The molecule has 0 aliphatic carbocycles. The van der Waals surface area contributed by atoms with Crippen LogP contribution in [0.15, 0.2) is 53.9 Å². The Balaban J connectivity index is 1.60. The Kier molecular flexibility index (Phi) is 7.14. The molecule has 0 saturated heterocycles. The minimum Gasteiger partial charge on any atom is -0.352 e. The van der Waals surface area contributed by atoms with Gasteiger partial charge in [-0.1, -0.05) is 49.7 Å². The maximum Gasteiger partial charge on any atom is 0.257 e. The van der Waals surface area contributed by atoms with E-state index in [4.69, 9.17) is 0 Å². The fourth-order valence-corrected chi connectivity index (χ4v) is 3.57. The monoisotopic (exact) mass is 407 g/mol. The van der Waals surface area contributed by atoms with E-state index in [0.29, 0.717) is 17.2 Å². The quantitative estimate of drug-likeness (QED) is 0.549. The largest absolute Gasteiger partial charge is 0.352 e. The third-order valence-corrected chi connectivity index (χ3v) is 5.31. The van der Waals surface area contributed by atoms with Gasteiger partial charge in [0.2, 0.25) is 5.91 Å². The first-order valence-corrected chi connectivity index (χ1v) is 10.6. The molecule has 0 radical (unpaired) electrons. The highest BCUT2D eigenvalue weighted by Gasteiger charge is 2.10. The van der Waals surface area contributed by atoms with E-state index in [0.717, 1.165) is 23.2 Å². The van der Waals surface area contributed by atoms with Crippen LogP contribution in [0.3, 0.4) is 0 Å². The topological polar surface area (TPSA) is 71.1 Å². The highest BCUT2D eigenvalue weighted by molar-refractivity contribution is 7.14. The normalized spacial score (nSPS) is 10.6. The van der Waals surface area contributed by atoms with Gasteiger partial charge in [0.15, 0.2) is 5.13 Å². The Bertz CT molecular complexity index is 963. The molecule has 29 heavy (non-hydrogen) atoms. The maximum absolute atomic E-state index is 12.5. The molecule has 2 N–H and O–H groups in total. The molecule has 2 aromatic carbocycles. The summed E-state index contributed by atoms with van der Waals surface area (Å²) in [5.41, 5.74) is 4.73. The number of nitrogens with zero attached hydrogens (tertiary/aromatic N) is 1. The molecule has 5 nitrogen and oxygen atoms in total. The van der Waals surface area contributed by atoms with E-state index in [9.17, 15) is 9.59 Å². The molecule has 0 aliphatic rings. The first kappa shape index (κ1) is 20.7. The van der Waals surface area contributed by atoms with Gasteiger partial charge in [0, 0.05) is 30.0 Å². The van der Waals surface area contributed by atoms with Gasteiger partial charge < -0.3 is 5.32 Å². The number of unbranched alkanes of at least 4 members (excludes halogenated alkanes) is 1. The number of aromatic nitrogens is 1. The molecule has 0 fully saturated rings. The summed E-state index contributed by atoms with van der Waals surface area (Å²) in [5, 5.41) is 8.11. The highest BCUT2D eigenvalue weighted by Crippen LogP contribution is 2.26. The van der Waals surface area contributed by atoms with E-state index in [1.807, 2.05) is 17.5 Å². The molecule has 0 saturated carbocycles. The molecule has 1 heterocycles. The molecule has 1 aromatic heterocycles. The second-order valence-corrected chi connectivity index (χ2v) is 7.76. The van der Waals surface area contributed by atoms with Gasteiger partial charge in [0.1, 0.15) is 0 Å². The second kappa shape index (κ2) is 9.98. The van der Waals surface area contributed by atoms with Crippen LogP contribution < -0.4 is 10.6 Å². The molecule has 0 atom stereocenters. The molecule has 0 bridgehead atoms. The Hall–Kier alpha value is -2.99. The van der Waals surface area contributed by atoms with Crippen molar-refractivity contribution in [3.05, 3.63) is 70.6 Å². The second-order valence-electron chi connectivity index (χ2n) is 6.90. The average molecular weight is 408 g/mol. The fourth-order valence-electron chi connectivity index (χ4n) is 2.86. The lowest BCUT2D eigenvalue weighted by Gasteiger charge is -2.05. The summed E-state index contributed by atoms with van der Waals surface area (Å²) in [6.45, 7) is 4.12. The number of thiazole rings is 1. The van der Waals surface area contributed by atoms with Crippen molar-refractivity contribution in [2.45, 2.75) is 39.7 Å². The zero-order chi connectivity index (χ0) is 20.6. The van der Waals surface area contributed by atoms with Gasteiger partial charge in [-0.25, -0.2) is 4.98 Å². The number of hydrogen-bond acceptors (Lipinski definition) is 4. The number of amides is 2. The van der Waals surface area contributed by atoms with Crippen molar-refractivity contribution in [2.24, 2.45) is 0 Å². The van der Waals surface area contributed by atoms with Crippen LogP contribution in [0.25, 0.3) is 11.3 Å². The van der Waals surface area contributed by atoms with E-state index in [2.05, 4.69) is 46.8 Å². The zero-order valence-corrected chi connectivity index (χ0v) is 17.5. The summed E-state index contributed by atoms with van der Waals surface area (Å²) in [7, 11) is 0. The summed E-state index contributed by atoms with van der Waals surface area (Å²) in [6.07, 6.45) is 3.48. The van der Waals surface area contributed by atoms with Crippen molar-refractivity contribution >= 4 is 28.3 Å². The van der Waals surface area contributed by atoms with Crippen molar-refractivity contribution in [1.82, 2.24) is 10.3 Å². The Morgan fingerprint density at radius 3 is 2.34 bits per heavy atom. The lowest BCUT2D eigenvalue weighted by atomic mass is 10.1. The lowest BCUT2D eigenvalue weighted by molar-refractivity contribution is -0.119. The minimum atomic E-state index is -0.202. The van der Waals surface area contributed by atoms with Crippen molar-refractivity contribution in [3.63, 3.8) is 0 Å². The van der Waals surface area contributed by atoms with Gasteiger partial charge >= 0.3 is 0 Å². The fraction of sp³-hybridized carbons (Fsp3) is 0.261. The number of carbonyl (C=O) groups excluding carboxylic acids is 2. The summed E-state index contributed by atoms with van der Waals surface area (Å²) in [6, 6.07) is 15.6. The van der Waals surface area contributed by atoms with Crippen LogP contribution in [-0.4, -0.2) is 16.8 Å². The van der Waals surface area contributed by atoms with Crippen LogP contribution in [0.1, 0.15) is 48.2 Å². The number of nitrogens with one attached hydrogen (secondary N) is 2. The molecule has 0 unspecified atom stereocenters. The van der Waals surface area contributed by atoms with Gasteiger partial charge in [-0.05, 0) is 36.1 Å². The van der Waals surface area contributed by atoms with E-state index in [1.54, 1.807) is 12.1 Å². The third-order valence-electron chi connectivity index (χ3n) is 4.55. The van der Waals surface area contributed by atoms with Crippen molar-refractivity contribution < 1.29 is 9.59 Å². The van der Waals surface area contributed by atoms with Gasteiger partial charge in [-0.3, -0.25) is 14.9 Å². The number of hydrogen-bond donors (Lipinski definition) is 2. The van der Waals surface area contributed by atoms with Crippen LogP contribution in [0.2, 0.25) is 0 Å². The highest BCUT2D eigenvalue weighted by atomic mass is 32.1. The third kappa shape index (κ3) is 5.99. The molecular weight excluding hydrogens is 382 g/mol.